The summed E-state index contributed by atoms with van der Waals surface area (Å²) in [5.41, 5.74) is 3.06. The van der Waals surface area contributed by atoms with E-state index in [4.69, 9.17) is 4.74 Å². The summed E-state index contributed by atoms with van der Waals surface area (Å²) in [5, 5.41) is 10.7. The van der Waals surface area contributed by atoms with Gasteiger partial charge in [0.2, 0.25) is 0 Å². The molecule has 3 N–H and O–H groups in total. The van der Waals surface area contributed by atoms with Gasteiger partial charge in [0.15, 0.2) is 6.61 Å². The minimum absolute atomic E-state index is 0.181. The number of halogens is 1. The number of ether oxygens (including phenoxy) is 1. The Morgan fingerprint density at radius 2 is 1.71 bits per heavy atom. The Balaban J connectivity index is 1.27. The van der Waals surface area contributed by atoms with E-state index < -0.39 is 41.2 Å². The van der Waals surface area contributed by atoms with Crippen molar-refractivity contribution in [3.8, 4) is 0 Å². The average Bonchev–Trinajstić information content (AvgIpc) is 2.62. The molecule has 150 valence electrons. The SMILES string of the molecule is O=C(COC(=O)C12CC3CC(CC(O)(C3)C1)C2)NNC(=O)c1ccc(F)cc1. The van der Waals surface area contributed by atoms with Gasteiger partial charge in [-0.15, -0.1) is 0 Å². The lowest BCUT2D eigenvalue weighted by atomic mass is 9.48. The van der Waals surface area contributed by atoms with Gasteiger partial charge in [0.1, 0.15) is 5.82 Å². The molecule has 1 aromatic carbocycles. The fraction of sp³-hybridized carbons (Fsp3) is 0.550. The van der Waals surface area contributed by atoms with E-state index in [2.05, 4.69) is 10.9 Å². The summed E-state index contributed by atoms with van der Waals surface area (Å²) in [6, 6.07) is 4.85. The van der Waals surface area contributed by atoms with Gasteiger partial charge < -0.3 is 9.84 Å². The number of hydrazine groups is 1. The van der Waals surface area contributed by atoms with Crippen LogP contribution in [-0.2, 0) is 14.3 Å². The maximum Gasteiger partial charge on any atom is 0.312 e. The Hall–Kier alpha value is -2.48. The zero-order chi connectivity index (χ0) is 19.9. The van der Waals surface area contributed by atoms with Crippen molar-refractivity contribution in [1.29, 1.82) is 0 Å². The Morgan fingerprint density at radius 1 is 1.07 bits per heavy atom. The summed E-state index contributed by atoms with van der Waals surface area (Å²) in [6.07, 6.45) is 4.34. The molecule has 2 unspecified atom stereocenters. The van der Waals surface area contributed by atoms with Crippen molar-refractivity contribution < 1.29 is 28.6 Å². The summed E-state index contributed by atoms with van der Waals surface area (Å²) in [6.45, 7) is -0.516. The van der Waals surface area contributed by atoms with E-state index in [0.29, 0.717) is 31.1 Å². The fourth-order valence-electron chi connectivity index (χ4n) is 5.57. The minimum Gasteiger partial charge on any atom is -0.455 e. The third kappa shape index (κ3) is 3.61. The Bertz CT molecular complexity index is 795. The molecule has 0 spiro atoms. The van der Waals surface area contributed by atoms with Gasteiger partial charge in [0.05, 0.1) is 11.0 Å². The molecule has 4 saturated carbocycles. The number of benzene rings is 1. The lowest BCUT2D eigenvalue weighted by Gasteiger charge is -2.58. The van der Waals surface area contributed by atoms with Crippen LogP contribution >= 0.6 is 0 Å². The lowest BCUT2D eigenvalue weighted by molar-refractivity contribution is -0.196. The van der Waals surface area contributed by atoms with Crippen molar-refractivity contribution in [2.24, 2.45) is 17.3 Å². The van der Waals surface area contributed by atoms with E-state index in [-0.39, 0.29) is 5.56 Å². The summed E-state index contributed by atoms with van der Waals surface area (Å²) < 4.78 is 18.1. The van der Waals surface area contributed by atoms with E-state index in [9.17, 15) is 23.9 Å². The topological polar surface area (TPSA) is 105 Å². The molecule has 8 heteroatoms. The molecule has 4 aliphatic carbocycles. The first-order chi connectivity index (χ1) is 13.3. The Kier molecular flexibility index (Phi) is 4.61. The van der Waals surface area contributed by atoms with Crippen LogP contribution in [0.3, 0.4) is 0 Å². The molecule has 2 amide bonds. The maximum absolute atomic E-state index is 12.9. The minimum atomic E-state index is -0.783. The third-order valence-electron chi connectivity index (χ3n) is 6.22. The Labute approximate surface area is 161 Å². The molecule has 0 aliphatic heterocycles. The molecule has 2 atom stereocenters. The largest absolute Gasteiger partial charge is 0.455 e. The predicted octanol–water partition coefficient (Wildman–Crippen LogP) is 1.46. The molecule has 4 bridgehead atoms. The summed E-state index contributed by atoms with van der Waals surface area (Å²) >= 11 is 0. The second-order valence-corrected chi connectivity index (χ2v) is 8.55. The number of rotatable bonds is 4. The number of hydrogen-bond donors (Lipinski definition) is 3. The lowest BCUT2D eigenvalue weighted by Crippen LogP contribution is -2.58. The number of hydrogen-bond acceptors (Lipinski definition) is 5. The standard InChI is InChI=1S/C20H23FN2O5/c21-15-3-1-14(2-4-15)17(25)23-22-16(24)10-28-18(26)19-6-12-5-13(7-19)9-20(27,8-12)11-19/h1-4,12-13,27H,5-11H2,(H,22,24)(H,23,25). The molecule has 4 aliphatic rings. The number of carbonyl (C=O) groups excluding carboxylic acids is 3. The van der Waals surface area contributed by atoms with Crippen molar-refractivity contribution in [3.05, 3.63) is 35.6 Å². The zero-order valence-corrected chi connectivity index (χ0v) is 15.4. The first kappa shape index (κ1) is 18.9. The summed E-state index contributed by atoms with van der Waals surface area (Å²) in [4.78, 5) is 36.5. The average molecular weight is 390 g/mol. The summed E-state index contributed by atoms with van der Waals surface area (Å²) in [7, 11) is 0. The van der Waals surface area contributed by atoms with Crippen molar-refractivity contribution in [1.82, 2.24) is 10.9 Å². The fourth-order valence-corrected chi connectivity index (χ4v) is 5.57. The highest BCUT2D eigenvalue weighted by atomic mass is 19.1. The number of amides is 2. The van der Waals surface area contributed by atoms with Gasteiger partial charge in [-0.3, -0.25) is 25.2 Å². The highest BCUT2D eigenvalue weighted by Crippen LogP contribution is 2.61. The van der Waals surface area contributed by atoms with Gasteiger partial charge in [-0.05, 0) is 74.6 Å². The number of esters is 1. The number of aliphatic hydroxyl groups is 1. The second-order valence-electron chi connectivity index (χ2n) is 8.55. The molecule has 0 saturated heterocycles. The quantitative estimate of drug-likeness (QED) is 0.533. The summed E-state index contributed by atoms with van der Waals surface area (Å²) in [5.74, 6) is -1.53. The van der Waals surface area contributed by atoms with E-state index in [1.807, 2.05) is 0 Å². The van der Waals surface area contributed by atoms with Gasteiger partial charge in [0.25, 0.3) is 11.8 Å². The van der Waals surface area contributed by atoms with Crippen LogP contribution in [0.4, 0.5) is 4.39 Å². The van der Waals surface area contributed by atoms with Crippen molar-refractivity contribution >= 4 is 17.8 Å². The molecule has 7 nitrogen and oxygen atoms in total. The normalized spacial score (nSPS) is 32.6. The molecule has 0 radical (unpaired) electrons. The van der Waals surface area contributed by atoms with Crippen molar-refractivity contribution in [2.75, 3.05) is 6.61 Å². The molecule has 0 heterocycles. The first-order valence-electron chi connectivity index (χ1n) is 9.51. The molecule has 28 heavy (non-hydrogen) atoms. The second kappa shape index (κ2) is 6.84. The highest BCUT2D eigenvalue weighted by Gasteiger charge is 2.60. The van der Waals surface area contributed by atoms with Gasteiger partial charge in [-0.25, -0.2) is 4.39 Å². The smallest absolute Gasteiger partial charge is 0.312 e. The van der Waals surface area contributed by atoms with Crippen LogP contribution in [-0.4, -0.2) is 35.1 Å². The van der Waals surface area contributed by atoms with E-state index in [1.165, 1.54) is 12.1 Å². The van der Waals surface area contributed by atoms with Crippen molar-refractivity contribution in [3.63, 3.8) is 0 Å². The van der Waals surface area contributed by atoms with E-state index in [1.54, 1.807) is 0 Å². The zero-order valence-electron chi connectivity index (χ0n) is 15.4. The monoisotopic (exact) mass is 390 g/mol. The highest BCUT2D eigenvalue weighted by molar-refractivity contribution is 5.95. The predicted molar refractivity (Wildman–Crippen MR) is 95.0 cm³/mol. The molecule has 1 aromatic rings. The van der Waals surface area contributed by atoms with Crippen LogP contribution in [0, 0.1) is 23.1 Å². The van der Waals surface area contributed by atoms with E-state index in [0.717, 1.165) is 31.4 Å². The molecular formula is C20H23FN2O5. The van der Waals surface area contributed by atoms with Crippen LogP contribution in [0.2, 0.25) is 0 Å². The number of carbonyl (C=O) groups is 3. The van der Waals surface area contributed by atoms with Gasteiger partial charge >= 0.3 is 5.97 Å². The van der Waals surface area contributed by atoms with Gasteiger partial charge in [-0.2, -0.15) is 0 Å². The first-order valence-corrected chi connectivity index (χ1v) is 9.51. The number of nitrogens with one attached hydrogen (secondary N) is 2. The third-order valence-corrected chi connectivity index (χ3v) is 6.22. The van der Waals surface area contributed by atoms with Gasteiger partial charge in [-0.1, -0.05) is 0 Å². The molecule has 4 fully saturated rings. The van der Waals surface area contributed by atoms with Crippen LogP contribution in [0.1, 0.15) is 48.9 Å². The Morgan fingerprint density at radius 3 is 2.32 bits per heavy atom. The molecule has 5 rings (SSSR count). The van der Waals surface area contributed by atoms with Crippen molar-refractivity contribution in [2.45, 2.75) is 44.1 Å². The molecular weight excluding hydrogens is 367 g/mol. The van der Waals surface area contributed by atoms with E-state index >= 15 is 0 Å². The van der Waals surface area contributed by atoms with Gasteiger partial charge in [0, 0.05) is 5.56 Å². The van der Waals surface area contributed by atoms with Crippen LogP contribution < -0.4 is 10.9 Å². The van der Waals surface area contributed by atoms with Crippen LogP contribution in [0.15, 0.2) is 24.3 Å². The van der Waals surface area contributed by atoms with Crippen LogP contribution in [0.25, 0.3) is 0 Å². The maximum atomic E-state index is 12.9. The molecule has 0 aromatic heterocycles. The van der Waals surface area contributed by atoms with Crippen LogP contribution in [0.5, 0.6) is 0 Å².